The first-order valence-corrected chi connectivity index (χ1v) is 12.5. The number of carbonyl (C=O) groups is 1. The molecule has 5 rings (SSSR count). The second-order valence-electron chi connectivity index (χ2n) is 9.09. The lowest BCUT2D eigenvalue weighted by Crippen LogP contribution is -2.16. The van der Waals surface area contributed by atoms with Gasteiger partial charge in [-0.05, 0) is 76.9 Å². The summed E-state index contributed by atoms with van der Waals surface area (Å²) >= 11 is 6.80. The Bertz CT molecular complexity index is 1640. The Morgan fingerprint density at radius 1 is 1.18 bits per heavy atom. The van der Waals surface area contributed by atoms with Crippen LogP contribution >= 0.6 is 11.6 Å². The molecular weight excluding hydrogens is 505 g/mol. The predicted molar refractivity (Wildman–Crippen MR) is 145 cm³/mol. The fourth-order valence-corrected chi connectivity index (χ4v) is 5.15. The number of hydrogen-bond acceptors (Lipinski definition) is 4. The molecule has 1 heterocycles. The van der Waals surface area contributed by atoms with E-state index in [2.05, 4.69) is 16.3 Å². The summed E-state index contributed by atoms with van der Waals surface area (Å²) in [5.41, 5.74) is 5.25. The van der Waals surface area contributed by atoms with E-state index in [4.69, 9.17) is 21.4 Å². The van der Waals surface area contributed by atoms with Crippen molar-refractivity contribution < 1.29 is 19.0 Å². The molecule has 0 radical (unpaired) electrons. The molecule has 1 aromatic heterocycles. The normalized spacial score (nSPS) is 14.3. The van der Waals surface area contributed by atoms with Crippen LogP contribution in [0.15, 0.2) is 60.7 Å². The standard InChI is InChI=1S/C30H23ClFN3O3/c1-38-20-10-11-22(24(31)15-20)28(18-3-2-4-18)27(19-8-5-17(6-9-19)7-14-26(36)37)21-12-13-25-29(23(21)16-33)30(32)35-34-25/h5-15,18H,2-4H2,1H3,(H,34,35)(H,36,37)/b14-7+,28-27+. The van der Waals surface area contributed by atoms with Crippen LogP contribution < -0.4 is 4.74 Å². The maximum Gasteiger partial charge on any atom is 0.328 e. The zero-order valence-corrected chi connectivity index (χ0v) is 21.2. The number of halogens is 2. The number of hydrogen-bond donors (Lipinski definition) is 2. The van der Waals surface area contributed by atoms with Crippen LogP contribution in [0, 0.1) is 23.2 Å². The van der Waals surface area contributed by atoms with Crippen LogP contribution in [0.1, 0.15) is 47.1 Å². The topological polar surface area (TPSA) is 99.0 Å². The summed E-state index contributed by atoms with van der Waals surface area (Å²) < 4.78 is 20.1. The number of ether oxygens (including phenoxy) is 1. The van der Waals surface area contributed by atoms with Gasteiger partial charge in [-0.25, -0.2) is 4.79 Å². The highest BCUT2D eigenvalue weighted by Gasteiger charge is 2.30. The number of nitriles is 1. The molecule has 0 amide bonds. The number of carboxylic acids is 1. The maximum atomic E-state index is 14.7. The number of nitrogens with zero attached hydrogens (tertiary/aromatic N) is 2. The largest absolute Gasteiger partial charge is 0.497 e. The highest BCUT2D eigenvalue weighted by atomic mass is 35.5. The van der Waals surface area contributed by atoms with Crippen molar-refractivity contribution in [3.8, 4) is 11.8 Å². The fraction of sp³-hybridized carbons (Fsp3) is 0.167. The number of nitrogens with one attached hydrogen (secondary N) is 1. The van der Waals surface area contributed by atoms with Crippen molar-refractivity contribution in [2.24, 2.45) is 5.92 Å². The van der Waals surface area contributed by atoms with Gasteiger partial charge in [0.15, 0.2) is 0 Å². The first-order chi connectivity index (χ1) is 18.4. The maximum absolute atomic E-state index is 14.7. The third-order valence-electron chi connectivity index (χ3n) is 6.93. The van der Waals surface area contributed by atoms with E-state index in [1.54, 1.807) is 19.2 Å². The van der Waals surface area contributed by atoms with Crippen molar-refractivity contribution >= 4 is 45.7 Å². The van der Waals surface area contributed by atoms with Gasteiger partial charge in [-0.15, -0.1) is 5.10 Å². The molecule has 0 bridgehead atoms. The van der Waals surface area contributed by atoms with E-state index in [-0.39, 0.29) is 16.9 Å². The molecule has 3 aromatic carbocycles. The highest BCUT2D eigenvalue weighted by molar-refractivity contribution is 6.33. The van der Waals surface area contributed by atoms with Gasteiger partial charge in [-0.1, -0.05) is 48.4 Å². The smallest absolute Gasteiger partial charge is 0.328 e. The predicted octanol–water partition coefficient (Wildman–Crippen LogP) is 7.09. The lowest BCUT2D eigenvalue weighted by Gasteiger charge is -2.32. The molecule has 1 aliphatic carbocycles. The number of carboxylic acid groups (broad SMARTS) is 1. The SMILES string of the molecule is COc1ccc(/C(=C(\c2ccc(/C=C/C(=O)O)cc2)c2ccc3[nH]nc(F)c3c2C#N)C2CCC2)c(Cl)c1. The third kappa shape index (κ3) is 4.67. The summed E-state index contributed by atoms with van der Waals surface area (Å²) in [6.07, 6.45) is 5.55. The molecule has 0 saturated heterocycles. The minimum Gasteiger partial charge on any atom is -0.497 e. The van der Waals surface area contributed by atoms with Crippen LogP contribution in [-0.4, -0.2) is 28.4 Å². The number of allylic oxidation sites excluding steroid dienone is 1. The minimum absolute atomic E-state index is 0.136. The van der Waals surface area contributed by atoms with E-state index < -0.39 is 11.9 Å². The Hall–Kier alpha value is -4.41. The molecule has 0 aliphatic heterocycles. The molecule has 1 fully saturated rings. The van der Waals surface area contributed by atoms with Gasteiger partial charge < -0.3 is 9.84 Å². The lowest BCUT2D eigenvalue weighted by atomic mass is 9.72. The average molecular weight is 528 g/mol. The molecule has 1 saturated carbocycles. The first kappa shape index (κ1) is 25.2. The summed E-state index contributed by atoms with van der Waals surface area (Å²) in [4.78, 5) is 11.0. The Labute approximate surface area is 223 Å². The Kier molecular flexibility index (Phi) is 6.99. The van der Waals surface area contributed by atoms with Crippen molar-refractivity contribution in [2.45, 2.75) is 19.3 Å². The van der Waals surface area contributed by atoms with E-state index in [1.165, 1.54) is 6.08 Å². The van der Waals surface area contributed by atoms with Gasteiger partial charge in [0.05, 0.1) is 28.6 Å². The molecule has 38 heavy (non-hydrogen) atoms. The van der Waals surface area contributed by atoms with Crippen molar-refractivity contribution in [2.75, 3.05) is 7.11 Å². The summed E-state index contributed by atoms with van der Waals surface area (Å²) in [6, 6.07) is 18.6. The minimum atomic E-state index is -1.04. The monoisotopic (exact) mass is 527 g/mol. The summed E-state index contributed by atoms with van der Waals surface area (Å²) in [5.74, 6) is -0.967. The molecule has 8 heteroatoms. The van der Waals surface area contributed by atoms with Crippen molar-refractivity contribution in [3.63, 3.8) is 0 Å². The second-order valence-corrected chi connectivity index (χ2v) is 9.50. The molecule has 2 N–H and O–H groups in total. The van der Waals surface area contributed by atoms with Crippen LogP contribution in [0.5, 0.6) is 5.75 Å². The molecule has 4 aromatic rings. The summed E-state index contributed by atoms with van der Waals surface area (Å²) in [5, 5.41) is 26.2. The van der Waals surface area contributed by atoms with E-state index in [0.717, 1.165) is 47.6 Å². The van der Waals surface area contributed by atoms with Gasteiger partial charge in [-0.3, -0.25) is 5.10 Å². The Balaban J connectivity index is 1.83. The molecule has 0 unspecified atom stereocenters. The van der Waals surface area contributed by atoms with Gasteiger partial charge in [0.25, 0.3) is 0 Å². The lowest BCUT2D eigenvalue weighted by molar-refractivity contribution is -0.131. The molecular formula is C30H23ClFN3O3. The number of rotatable bonds is 7. The third-order valence-corrected chi connectivity index (χ3v) is 7.25. The number of H-pyrrole nitrogens is 1. The van der Waals surface area contributed by atoms with Gasteiger partial charge in [0.2, 0.25) is 5.95 Å². The van der Waals surface area contributed by atoms with E-state index in [9.17, 15) is 14.4 Å². The van der Waals surface area contributed by atoms with Crippen LogP contribution in [0.4, 0.5) is 4.39 Å². The van der Waals surface area contributed by atoms with Crippen LogP contribution in [0.2, 0.25) is 5.02 Å². The van der Waals surface area contributed by atoms with Crippen LogP contribution in [-0.2, 0) is 4.79 Å². The Morgan fingerprint density at radius 3 is 2.53 bits per heavy atom. The molecule has 0 spiro atoms. The van der Waals surface area contributed by atoms with Crippen LogP contribution in [0.3, 0.4) is 0 Å². The number of fused-ring (bicyclic) bond motifs is 1. The quantitative estimate of drug-likeness (QED) is 0.197. The van der Waals surface area contributed by atoms with Crippen molar-refractivity contribution in [3.05, 3.63) is 99.5 Å². The average Bonchev–Trinajstić information content (AvgIpc) is 3.27. The number of aromatic nitrogens is 2. The van der Waals surface area contributed by atoms with E-state index in [0.29, 0.717) is 27.4 Å². The summed E-state index contributed by atoms with van der Waals surface area (Å²) in [6.45, 7) is 0. The zero-order valence-electron chi connectivity index (χ0n) is 20.5. The van der Waals surface area contributed by atoms with Gasteiger partial charge in [0, 0.05) is 11.6 Å². The number of aromatic amines is 1. The van der Waals surface area contributed by atoms with Crippen LogP contribution in [0.25, 0.3) is 28.1 Å². The van der Waals surface area contributed by atoms with E-state index >= 15 is 0 Å². The fourth-order valence-electron chi connectivity index (χ4n) is 4.88. The summed E-state index contributed by atoms with van der Waals surface area (Å²) in [7, 11) is 1.58. The molecule has 1 aliphatic rings. The van der Waals surface area contributed by atoms with Crippen molar-refractivity contribution in [1.82, 2.24) is 10.2 Å². The number of aliphatic carboxylic acids is 1. The van der Waals surface area contributed by atoms with Gasteiger partial charge in [0.1, 0.15) is 11.8 Å². The molecule has 0 atom stereocenters. The molecule has 6 nitrogen and oxygen atoms in total. The second kappa shape index (κ2) is 10.5. The molecule has 190 valence electrons. The van der Waals surface area contributed by atoms with E-state index in [1.807, 2.05) is 42.5 Å². The Morgan fingerprint density at radius 2 is 1.92 bits per heavy atom. The van der Waals surface area contributed by atoms with Gasteiger partial charge in [-0.2, -0.15) is 9.65 Å². The number of benzene rings is 3. The highest BCUT2D eigenvalue weighted by Crippen LogP contribution is 2.48. The zero-order chi connectivity index (χ0) is 26.8. The number of methoxy groups -OCH3 is 1. The van der Waals surface area contributed by atoms with Gasteiger partial charge >= 0.3 is 5.97 Å². The first-order valence-electron chi connectivity index (χ1n) is 12.1. The van der Waals surface area contributed by atoms with Crippen molar-refractivity contribution in [1.29, 1.82) is 5.26 Å².